The Morgan fingerprint density at radius 3 is 2.64 bits per heavy atom. The van der Waals surface area contributed by atoms with E-state index in [0.29, 0.717) is 18.7 Å². The summed E-state index contributed by atoms with van der Waals surface area (Å²) in [4.78, 5) is 16.9. The van der Waals surface area contributed by atoms with Crippen LogP contribution in [0.5, 0.6) is 0 Å². The Morgan fingerprint density at radius 2 is 1.95 bits per heavy atom. The summed E-state index contributed by atoms with van der Waals surface area (Å²) in [5, 5.41) is 12.9. The van der Waals surface area contributed by atoms with Gasteiger partial charge in [0.2, 0.25) is 0 Å². The first kappa shape index (κ1) is 14.7. The first-order valence-corrected chi connectivity index (χ1v) is 7.52. The van der Waals surface area contributed by atoms with Crippen molar-refractivity contribution in [3.8, 4) is 0 Å². The van der Waals surface area contributed by atoms with Crippen LogP contribution in [0.2, 0.25) is 0 Å². The van der Waals surface area contributed by atoms with E-state index in [-0.39, 0.29) is 12.4 Å². The van der Waals surface area contributed by atoms with Gasteiger partial charge in [-0.2, -0.15) is 0 Å². The molecule has 4 heteroatoms. The average molecular weight is 296 g/mol. The summed E-state index contributed by atoms with van der Waals surface area (Å²) in [7, 11) is 0. The topological polar surface area (TPSA) is 62.2 Å². The lowest BCUT2D eigenvalue weighted by Crippen LogP contribution is -2.35. The molecule has 0 amide bonds. The molecule has 114 valence electrons. The van der Waals surface area contributed by atoms with Gasteiger partial charge in [0, 0.05) is 17.7 Å². The van der Waals surface area contributed by atoms with Crippen molar-refractivity contribution in [2.24, 2.45) is 0 Å². The molecule has 0 fully saturated rings. The van der Waals surface area contributed by atoms with E-state index in [4.69, 9.17) is 4.98 Å². The zero-order chi connectivity index (χ0) is 15.7. The molecule has 0 radical (unpaired) electrons. The van der Waals surface area contributed by atoms with Gasteiger partial charge in [0.15, 0.2) is 0 Å². The molecule has 0 bridgehead atoms. The van der Waals surface area contributed by atoms with Crippen LogP contribution in [0.4, 0.5) is 11.5 Å². The third-order valence-corrected chi connectivity index (χ3v) is 4.30. The van der Waals surface area contributed by atoms with E-state index >= 15 is 0 Å². The molecule has 3 rings (SSSR count). The van der Waals surface area contributed by atoms with Crippen LogP contribution in [-0.4, -0.2) is 15.9 Å². The maximum absolute atomic E-state index is 12.2. The van der Waals surface area contributed by atoms with Crippen molar-refractivity contribution >= 4 is 17.3 Å². The molecule has 1 aliphatic rings. The first-order chi connectivity index (χ1) is 10.5. The molecule has 0 unspecified atom stereocenters. The number of anilines is 2. The Bertz CT molecular complexity index is 709. The molecule has 4 nitrogen and oxygen atoms in total. The molecule has 0 atom stereocenters. The highest BCUT2D eigenvalue weighted by Crippen LogP contribution is 2.35. The van der Waals surface area contributed by atoms with Crippen molar-refractivity contribution in [1.29, 1.82) is 0 Å². The zero-order valence-corrected chi connectivity index (χ0v) is 12.9. The highest BCUT2D eigenvalue weighted by Gasteiger charge is 2.37. The van der Waals surface area contributed by atoms with Crippen LogP contribution in [-0.2, 0) is 23.2 Å². The number of pyridine rings is 1. The molecule has 2 N–H and O–H groups in total. The summed E-state index contributed by atoms with van der Waals surface area (Å²) in [5.41, 5.74) is 2.97. The van der Waals surface area contributed by atoms with E-state index in [1.165, 1.54) is 0 Å². The van der Waals surface area contributed by atoms with Gasteiger partial charge in [0.05, 0.1) is 17.7 Å². The Hall–Kier alpha value is -2.20. The number of carbonyl (C=O) groups excluding carboxylic acids is 1. The summed E-state index contributed by atoms with van der Waals surface area (Å²) >= 11 is 0. The van der Waals surface area contributed by atoms with Gasteiger partial charge in [-0.3, -0.25) is 4.79 Å². The third kappa shape index (κ3) is 2.50. The Labute approximate surface area is 130 Å². The molecule has 1 aromatic heterocycles. The Morgan fingerprint density at radius 1 is 1.23 bits per heavy atom. The number of benzene rings is 1. The number of aliphatic hydroxyl groups is 1. The number of para-hydroxylation sites is 1. The number of nitrogens with zero attached hydrogens (tertiary/aromatic N) is 1. The number of hydrogen-bond donors (Lipinski definition) is 2. The number of hydrogen-bond acceptors (Lipinski definition) is 4. The van der Waals surface area contributed by atoms with Crippen molar-refractivity contribution in [2.75, 3.05) is 5.32 Å². The minimum Gasteiger partial charge on any atom is -0.392 e. The summed E-state index contributed by atoms with van der Waals surface area (Å²) in [6, 6.07) is 11.7. The molecule has 0 saturated heterocycles. The number of aliphatic hydroxyl groups excluding tert-OH is 1. The zero-order valence-electron chi connectivity index (χ0n) is 12.9. The summed E-state index contributed by atoms with van der Waals surface area (Å²) in [6.07, 6.45) is 1.24. The standard InChI is InChI=1S/C18H20N2O2/c1-18(2)15(22)9-8-12-10-13(11-21)17(20-16(12)18)19-14-6-4-3-5-7-14/h3-7,10,21H,8-9,11H2,1-2H3,(H,19,20). The van der Waals surface area contributed by atoms with Crippen LogP contribution in [0, 0.1) is 0 Å². The SMILES string of the molecule is CC1(C)C(=O)CCc2cc(CO)c(Nc3ccccc3)nc21. The van der Waals surface area contributed by atoms with Gasteiger partial charge in [0.25, 0.3) is 0 Å². The third-order valence-electron chi connectivity index (χ3n) is 4.30. The fraction of sp³-hybridized carbons (Fsp3) is 0.333. The number of nitrogens with one attached hydrogen (secondary N) is 1. The first-order valence-electron chi connectivity index (χ1n) is 7.52. The van der Waals surface area contributed by atoms with Crippen molar-refractivity contribution in [3.05, 3.63) is 53.2 Å². The molecule has 22 heavy (non-hydrogen) atoms. The molecule has 0 spiro atoms. The highest BCUT2D eigenvalue weighted by molar-refractivity contribution is 5.91. The van der Waals surface area contributed by atoms with E-state index in [1.54, 1.807) is 0 Å². The summed E-state index contributed by atoms with van der Waals surface area (Å²) in [5.74, 6) is 0.838. The second-order valence-corrected chi connectivity index (χ2v) is 6.20. The number of aryl methyl sites for hydroxylation is 1. The predicted octanol–water partition coefficient (Wildman–Crippen LogP) is 3.11. The van der Waals surface area contributed by atoms with Crippen LogP contribution in [0.1, 0.15) is 37.1 Å². The molecule has 0 aliphatic heterocycles. The van der Waals surface area contributed by atoms with Gasteiger partial charge < -0.3 is 10.4 Å². The van der Waals surface area contributed by atoms with Crippen LogP contribution >= 0.6 is 0 Å². The smallest absolute Gasteiger partial charge is 0.144 e. The monoisotopic (exact) mass is 296 g/mol. The van der Waals surface area contributed by atoms with E-state index in [2.05, 4.69) is 5.32 Å². The van der Waals surface area contributed by atoms with E-state index < -0.39 is 5.41 Å². The van der Waals surface area contributed by atoms with Crippen molar-refractivity contribution in [2.45, 2.75) is 38.7 Å². The fourth-order valence-corrected chi connectivity index (χ4v) is 2.91. The largest absolute Gasteiger partial charge is 0.392 e. The van der Waals surface area contributed by atoms with Crippen molar-refractivity contribution < 1.29 is 9.90 Å². The molecule has 1 aromatic carbocycles. The fourth-order valence-electron chi connectivity index (χ4n) is 2.91. The molecular formula is C18H20N2O2. The average Bonchev–Trinajstić information content (AvgIpc) is 2.52. The van der Waals surface area contributed by atoms with Gasteiger partial charge >= 0.3 is 0 Å². The maximum Gasteiger partial charge on any atom is 0.144 e. The van der Waals surface area contributed by atoms with E-state index in [9.17, 15) is 9.90 Å². The molecule has 0 saturated carbocycles. The van der Waals surface area contributed by atoms with Gasteiger partial charge in [-0.1, -0.05) is 18.2 Å². The maximum atomic E-state index is 12.2. The summed E-state index contributed by atoms with van der Waals surface area (Å²) in [6.45, 7) is 3.76. The Balaban J connectivity index is 2.07. The van der Waals surface area contributed by atoms with Gasteiger partial charge in [-0.25, -0.2) is 4.98 Å². The van der Waals surface area contributed by atoms with Crippen LogP contribution in [0.25, 0.3) is 0 Å². The lowest BCUT2D eigenvalue weighted by atomic mass is 9.74. The summed E-state index contributed by atoms with van der Waals surface area (Å²) < 4.78 is 0. The van der Waals surface area contributed by atoms with Gasteiger partial charge in [-0.15, -0.1) is 0 Å². The number of rotatable bonds is 3. The lowest BCUT2D eigenvalue weighted by Gasteiger charge is -2.31. The predicted molar refractivity (Wildman–Crippen MR) is 86.2 cm³/mol. The highest BCUT2D eigenvalue weighted by atomic mass is 16.3. The van der Waals surface area contributed by atoms with E-state index in [0.717, 1.165) is 22.5 Å². The van der Waals surface area contributed by atoms with E-state index in [1.807, 2.05) is 50.2 Å². The molecular weight excluding hydrogens is 276 g/mol. The molecule has 2 aromatic rings. The lowest BCUT2D eigenvalue weighted by molar-refractivity contribution is -0.124. The quantitative estimate of drug-likeness (QED) is 0.913. The minimum absolute atomic E-state index is 0.0795. The second kappa shape index (κ2) is 5.54. The Kier molecular flexibility index (Phi) is 3.71. The van der Waals surface area contributed by atoms with Crippen LogP contribution in [0.15, 0.2) is 36.4 Å². The number of fused-ring (bicyclic) bond motifs is 1. The van der Waals surface area contributed by atoms with Crippen molar-refractivity contribution in [3.63, 3.8) is 0 Å². The van der Waals surface area contributed by atoms with Crippen LogP contribution in [0.3, 0.4) is 0 Å². The second-order valence-electron chi connectivity index (χ2n) is 6.20. The normalized spacial score (nSPS) is 16.2. The number of carbonyl (C=O) groups is 1. The van der Waals surface area contributed by atoms with Crippen LogP contribution < -0.4 is 5.32 Å². The number of ketones is 1. The van der Waals surface area contributed by atoms with Gasteiger partial charge in [0.1, 0.15) is 11.6 Å². The molecule has 1 heterocycles. The number of aromatic nitrogens is 1. The van der Waals surface area contributed by atoms with Gasteiger partial charge in [-0.05, 0) is 44.0 Å². The number of Topliss-reactive ketones (excluding diaryl/α,β-unsaturated/α-hetero) is 1. The van der Waals surface area contributed by atoms with Crippen molar-refractivity contribution in [1.82, 2.24) is 4.98 Å². The molecule has 1 aliphatic carbocycles. The minimum atomic E-state index is -0.575.